The number of hydrogen-bond acceptors (Lipinski definition) is 3. The van der Waals surface area contributed by atoms with Crippen molar-refractivity contribution in [1.82, 2.24) is 4.90 Å². The number of halogens is 4. The average Bonchev–Trinajstić information content (AvgIpc) is 3.14. The molecule has 0 saturated carbocycles. The Morgan fingerprint density at radius 3 is 2.22 bits per heavy atom. The second-order valence-corrected chi connectivity index (χ2v) is 10.1. The molecule has 7 heteroatoms. The molecule has 1 aliphatic rings. The Bertz CT molecular complexity index is 1120. The smallest absolute Gasteiger partial charge is 0.126 e. The molecule has 0 amide bonds. The van der Waals surface area contributed by atoms with Crippen molar-refractivity contribution in [2.75, 3.05) is 13.1 Å². The molecule has 0 bridgehead atoms. The van der Waals surface area contributed by atoms with E-state index in [2.05, 4.69) is 11.0 Å². The lowest BCUT2D eigenvalue weighted by Gasteiger charge is -2.49. The molecule has 1 aromatic heterocycles. The van der Waals surface area contributed by atoms with Crippen molar-refractivity contribution in [3.8, 4) is 6.07 Å². The summed E-state index contributed by atoms with van der Waals surface area (Å²) in [5, 5.41) is 11.7. The van der Waals surface area contributed by atoms with Gasteiger partial charge in [0.25, 0.3) is 0 Å². The lowest BCUT2D eigenvalue weighted by molar-refractivity contribution is 0.00880. The molecule has 0 aliphatic carbocycles. The van der Waals surface area contributed by atoms with Gasteiger partial charge in [0.1, 0.15) is 23.4 Å². The van der Waals surface area contributed by atoms with Crippen LogP contribution < -0.4 is 0 Å². The highest BCUT2D eigenvalue weighted by atomic mass is 35.5. The predicted molar refractivity (Wildman–Crippen MR) is 122 cm³/mol. The van der Waals surface area contributed by atoms with Gasteiger partial charge in [0.2, 0.25) is 0 Å². The van der Waals surface area contributed by atoms with Crippen LogP contribution in [-0.2, 0) is 0 Å². The first-order chi connectivity index (χ1) is 15.2. The molecule has 0 spiro atoms. The maximum atomic E-state index is 15.2. The van der Waals surface area contributed by atoms with E-state index >= 15 is 4.39 Å². The van der Waals surface area contributed by atoms with Crippen molar-refractivity contribution in [3.05, 3.63) is 92.1 Å². The molecular formula is C25H22ClF3N2S. The fraction of sp³-hybridized carbons (Fsp3) is 0.320. The number of nitriles is 1. The lowest BCUT2D eigenvalue weighted by Crippen LogP contribution is -2.53. The molecule has 2 atom stereocenters. The lowest BCUT2D eigenvalue weighted by atomic mass is 9.72. The summed E-state index contributed by atoms with van der Waals surface area (Å²) in [7, 11) is 0. The van der Waals surface area contributed by atoms with Gasteiger partial charge in [0, 0.05) is 40.4 Å². The highest BCUT2D eigenvalue weighted by molar-refractivity contribution is 7.10. The fourth-order valence-corrected chi connectivity index (χ4v) is 5.83. The van der Waals surface area contributed by atoms with E-state index in [1.54, 1.807) is 0 Å². The molecule has 2 heterocycles. The molecule has 1 aliphatic heterocycles. The maximum absolute atomic E-state index is 15.2. The Balaban J connectivity index is 1.63. The second-order valence-electron chi connectivity index (χ2n) is 8.76. The van der Waals surface area contributed by atoms with Gasteiger partial charge in [-0.15, -0.1) is 11.3 Å². The van der Waals surface area contributed by atoms with Crippen LogP contribution >= 0.6 is 22.9 Å². The summed E-state index contributed by atoms with van der Waals surface area (Å²) < 4.78 is 43.0. The number of thiophene rings is 1. The van der Waals surface area contributed by atoms with Crippen molar-refractivity contribution < 1.29 is 13.2 Å². The highest BCUT2D eigenvalue weighted by Gasteiger charge is 2.45. The zero-order chi connectivity index (χ0) is 23.0. The van der Waals surface area contributed by atoms with Crippen molar-refractivity contribution in [2.24, 2.45) is 5.92 Å². The van der Waals surface area contributed by atoms with E-state index in [1.165, 1.54) is 37.3 Å². The van der Waals surface area contributed by atoms with Crippen molar-refractivity contribution >= 4 is 22.9 Å². The minimum atomic E-state index is -1.65. The average molecular weight is 475 g/mol. The quantitative estimate of drug-likeness (QED) is 0.381. The van der Waals surface area contributed by atoms with Crippen LogP contribution in [-0.4, -0.2) is 23.7 Å². The van der Waals surface area contributed by atoms with E-state index in [9.17, 15) is 14.0 Å². The van der Waals surface area contributed by atoms with Gasteiger partial charge in [-0.3, -0.25) is 4.90 Å². The van der Waals surface area contributed by atoms with Crippen LogP contribution in [0.5, 0.6) is 0 Å². The molecular weight excluding hydrogens is 453 g/mol. The first-order valence-corrected chi connectivity index (χ1v) is 11.5. The SMILES string of the molecule is CC(C)(F)[C@H](c1cc(F)cc(F)c1)C1CN(C(c2ccc(Cl)cc2)c2cc(C#N)cs2)C1. The summed E-state index contributed by atoms with van der Waals surface area (Å²) in [4.78, 5) is 3.21. The molecule has 1 unspecified atom stereocenters. The highest BCUT2D eigenvalue weighted by Crippen LogP contribution is 2.46. The first kappa shape index (κ1) is 22.8. The Morgan fingerprint density at radius 1 is 1.06 bits per heavy atom. The molecule has 0 N–H and O–H groups in total. The van der Waals surface area contributed by atoms with E-state index in [0.29, 0.717) is 29.2 Å². The van der Waals surface area contributed by atoms with Gasteiger partial charge in [-0.25, -0.2) is 13.2 Å². The van der Waals surface area contributed by atoms with Crippen LogP contribution in [0.25, 0.3) is 0 Å². The standard InChI is InChI=1S/C25H22ClF3N2S/c1-25(2,29)23(17-8-20(27)10-21(28)9-17)18-12-31(13-18)24(16-3-5-19(26)6-4-16)22-7-15(11-30)14-32-22/h3-10,14,18,23-24H,12-13H2,1-2H3/t23-,24?/m1/s1. The van der Waals surface area contributed by atoms with Gasteiger partial charge >= 0.3 is 0 Å². The van der Waals surface area contributed by atoms with E-state index in [-0.39, 0.29) is 12.0 Å². The number of hydrogen-bond donors (Lipinski definition) is 0. The maximum Gasteiger partial charge on any atom is 0.126 e. The summed E-state index contributed by atoms with van der Waals surface area (Å²) >= 11 is 7.57. The van der Waals surface area contributed by atoms with Crippen LogP contribution in [0.15, 0.2) is 53.9 Å². The van der Waals surface area contributed by atoms with Crippen LogP contribution in [0.3, 0.4) is 0 Å². The fourth-order valence-electron chi connectivity index (χ4n) is 4.71. The summed E-state index contributed by atoms with van der Waals surface area (Å²) in [5.41, 5.74) is 0.306. The van der Waals surface area contributed by atoms with Gasteiger partial charge < -0.3 is 0 Å². The molecule has 166 valence electrons. The third kappa shape index (κ3) is 4.71. The van der Waals surface area contributed by atoms with E-state index < -0.39 is 23.2 Å². The Hall–Kier alpha value is -2.33. The van der Waals surface area contributed by atoms with Gasteiger partial charge in [-0.05, 0) is 61.2 Å². The number of alkyl halides is 1. The van der Waals surface area contributed by atoms with Crippen molar-refractivity contribution in [2.45, 2.75) is 31.5 Å². The van der Waals surface area contributed by atoms with E-state index in [0.717, 1.165) is 16.5 Å². The largest absolute Gasteiger partial charge is 0.291 e. The second kappa shape index (κ2) is 8.90. The summed E-state index contributed by atoms with van der Waals surface area (Å²) in [6.45, 7) is 4.03. The summed E-state index contributed by atoms with van der Waals surface area (Å²) in [6.07, 6.45) is 0. The van der Waals surface area contributed by atoms with Crippen LogP contribution in [0, 0.1) is 28.9 Å². The Labute approximate surface area is 194 Å². The van der Waals surface area contributed by atoms with Gasteiger partial charge in [-0.1, -0.05) is 23.7 Å². The van der Waals surface area contributed by atoms with E-state index in [1.807, 2.05) is 35.7 Å². The molecule has 4 rings (SSSR count). The van der Waals surface area contributed by atoms with Crippen molar-refractivity contribution in [1.29, 1.82) is 5.26 Å². The third-order valence-electron chi connectivity index (χ3n) is 5.96. The van der Waals surface area contributed by atoms with Crippen molar-refractivity contribution in [3.63, 3.8) is 0 Å². The molecule has 1 saturated heterocycles. The van der Waals surface area contributed by atoms with Crippen LogP contribution in [0.4, 0.5) is 13.2 Å². The van der Waals surface area contributed by atoms with Gasteiger partial charge in [0.05, 0.1) is 11.6 Å². The third-order valence-corrected chi connectivity index (χ3v) is 7.20. The van der Waals surface area contributed by atoms with Crippen LogP contribution in [0.1, 0.15) is 47.4 Å². The topological polar surface area (TPSA) is 27.0 Å². The summed E-state index contributed by atoms with van der Waals surface area (Å²) in [6, 6.07) is 14.7. The minimum Gasteiger partial charge on any atom is -0.291 e. The normalized spacial score (nSPS) is 16.9. The first-order valence-electron chi connectivity index (χ1n) is 10.3. The zero-order valence-corrected chi connectivity index (χ0v) is 19.2. The number of benzene rings is 2. The zero-order valence-electron chi connectivity index (χ0n) is 17.7. The summed E-state index contributed by atoms with van der Waals surface area (Å²) in [5.74, 6) is -2.16. The van der Waals surface area contributed by atoms with Gasteiger partial charge in [-0.2, -0.15) is 5.26 Å². The molecule has 32 heavy (non-hydrogen) atoms. The number of likely N-dealkylation sites (tertiary alicyclic amines) is 1. The molecule has 1 fully saturated rings. The molecule has 2 aromatic carbocycles. The number of rotatable bonds is 6. The van der Waals surface area contributed by atoms with Crippen LogP contribution in [0.2, 0.25) is 5.02 Å². The Morgan fingerprint density at radius 2 is 1.69 bits per heavy atom. The molecule has 2 nitrogen and oxygen atoms in total. The number of nitrogens with zero attached hydrogens (tertiary/aromatic N) is 2. The van der Waals surface area contributed by atoms with Gasteiger partial charge in [0.15, 0.2) is 0 Å². The molecule has 3 aromatic rings. The minimum absolute atomic E-state index is 0.108. The predicted octanol–water partition coefficient (Wildman–Crippen LogP) is 7.10. The van der Waals surface area contributed by atoms with E-state index in [4.69, 9.17) is 11.6 Å². The molecule has 0 radical (unpaired) electrons. The Kier molecular flexibility index (Phi) is 6.35. The monoisotopic (exact) mass is 474 g/mol.